The van der Waals surface area contributed by atoms with Crippen LogP contribution < -0.4 is 4.72 Å². The smallest absolute Gasteiger partial charge is 0.386 e. The van der Waals surface area contributed by atoms with Crippen LogP contribution in [0.25, 0.3) is 0 Å². The van der Waals surface area contributed by atoms with Crippen molar-refractivity contribution < 1.29 is 22.5 Å². The molecular formula is C14H22F3NO2S. The second-order valence-electron chi connectivity index (χ2n) is 4.74. The average molecular weight is 325 g/mol. The van der Waals surface area contributed by atoms with E-state index in [1.807, 2.05) is 18.6 Å². The molecule has 0 radical (unpaired) electrons. The molecule has 0 saturated carbocycles. The van der Waals surface area contributed by atoms with Crippen LogP contribution in [0.3, 0.4) is 0 Å². The lowest BCUT2D eigenvalue weighted by atomic mass is 9.94. The molecule has 1 atom stereocenters. The zero-order valence-electron chi connectivity index (χ0n) is 12.8. The Morgan fingerprint density at radius 3 is 2.19 bits per heavy atom. The Hall–Kier alpha value is -0.920. The van der Waals surface area contributed by atoms with Crippen LogP contribution >= 0.6 is 0 Å². The lowest BCUT2D eigenvalue weighted by molar-refractivity contribution is -0.121. The highest BCUT2D eigenvalue weighted by Crippen LogP contribution is 2.25. The van der Waals surface area contributed by atoms with Crippen LogP contribution in [0.4, 0.5) is 13.2 Å². The van der Waals surface area contributed by atoms with Gasteiger partial charge in [0, 0.05) is 0 Å². The molecule has 0 aromatic heterocycles. The van der Waals surface area contributed by atoms with Crippen LogP contribution in [0.1, 0.15) is 38.8 Å². The van der Waals surface area contributed by atoms with Gasteiger partial charge in [-0.15, -0.1) is 0 Å². The van der Waals surface area contributed by atoms with E-state index in [0.717, 1.165) is 5.56 Å². The van der Waals surface area contributed by atoms with E-state index in [0.29, 0.717) is 5.56 Å². The molecule has 0 saturated heterocycles. The van der Waals surface area contributed by atoms with E-state index in [2.05, 4.69) is 0 Å². The third-order valence-electron chi connectivity index (χ3n) is 2.49. The summed E-state index contributed by atoms with van der Waals surface area (Å²) in [6.45, 7) is 7.56. The van der Waals surface area contributed by atoms with Gasteiger partial charge in [0.25, 0.3) is 0 Å². The van der Waals surface area contributed by atoms with Crippen LogP contribution in [0.15, 0.2) is 23.1 Å². The summed E-state index contributed by atoms with van der Waals surface area (Å²) in [5, 5.41) is 9.94. The number of halogens is 3. The number of hydrogen-bond donors (Lipinski definition) is 2. The predicted octanol–water partition coefficient (Wildman–Crippen LogP) is 3.42. The van der Waals surface area contributed by atoms with Crippen molar-refractivity contribution in [3.63, 3.8) is 0 Å². The molecule has 21 heavy (non-hydrogen) atoms. The molecule has 1 aromatic rings. The van der Waals surface area contributed by atoms with Crippen molar-refractivity contribution in [3.8, 4) is 0 Å². The van der Waals surface area contributed by atoms with Gasteiger partial charge in [-0.2, -0.15) is 13.2 Å². The Labute approximate surface area is 126 Å². The zero-order chi connectivity index (χ0) is 16.8. The molecule has 0 heterocycles. The summed E-state index contributed by atoms with van der Waals surface area (Å²) in [6, 6.07) is 4.55. The van der Waals surface area contributed by atoms with E-state index in [9.17, 15) is 22.5 Å². The highest BCUT2D eigenvalue weighted by atomic mass is 32.2. The standard InChI is InChI=1S/C12H16F3NO2S.C2H6/c1-8-4-5-9(6-10(8)11(2,3)17)19(18)16-7-12(13,14)15;1-2/h4-6,16-17H,7H2,1-3H3;1-2H3. The minimum absolute atomic E-state index is 0.201. The van der Waals surface area contributed by atoms with Crippen LogP contribution in [-0.2, 0) is 16.6 Å². The molecule has 2 N–H and O–H groups in total. The largest absolute Gasteiger partial charge is 0.402 e. The average Bonchev–Trinajstić information content (AvgIpc) is 2.36. The first kappa shape index (κ1) is 20.1. The summed E-state index contributed by atoms with van der Waals surface area (Å²) in [6.07, 6.45) is -4.42. The third kappa shape index (κ3) is 7.06. The molecule has 0 bridgehead atoms. The van der Waals surface area contributed by atoms with E-state index in [1.165, 1.54) is 12.1 Å². The lowest BCUT2D eigenvalue weighted by Crippen LogP contribution is -2.30. The predicted molar refractivity (Wildman–Crippen MR) is 78.2 cm³/mol. The summed E-state index contributed by atoms with van der Waals surface area (Å²) in [5.41, 5.74) is 0.171. The van der Waals surface area contributed by atoms with Crippen LogP contribution in [0, 0.1) is 6.92 Å². The van der Waals surface area contributed by atoms with Gasteiger partial charge in [0.1, 0.15) is 17.5 Å². The Kier molecular flexibility index (Phi) is 7.56. The van der Waals surface area contributed by atoms with Gasteiger partial charge in [-0.05, 0) is 44.0 Å². The van der Waals surface area contributed by atoms with Crippen molar-refractivity contribution in [1.82, 2.24) is 4.72 Å². The Morgan fingerprint density at radius 1 is 1.24 bits per heavy atom. The number of aryl methyl sites for hydroxylation is 1. The number of aliphatic hydroxyl groups is 1. The fourth-order valence-corrected chi connectivity index (χ4v) is 2.48. The molecule has 0 aliphatic carbocycles. The van der Waals surface area contributed by atoms with Crippen molar-refractivity contribution >= 4 is 11.0 Å². The molecule has 3 nitrogen and oxygen atoms in total. The van der Waals surface area contributed by atoms with Gasteiger partial charge in [-0.25, -0.2) is 8.93 Å². The van der Waals surface area contributed by atoms with Crippen LogP contribution in [-0.4, -0.2) is 22.0 Å². The van der Waals surface area contributed by atoms with Crippen LogP contribution in [0.2, 0.25) is 0 Å². The Balaban J connectivity index is 0.00000191. The molecule has 0 aliphatic rings. The summed E-state index contributed by atoms with van der Waals surface area (Å²) < 4.78 is 49.7. The summed E-state index contributed by atoms with van der Waals surface area (Å²) >= 11 is 0. The van der Waals surface area contributed by atoms with E-state index < -0.39 is 29.3 Å². The van der Waals surface area contributed by atoms with E-state index in [1.54, 1.807) is 26.8 Å². The van der Waals surface area contributed by atoms with Gasteiger partial charge in [0.05, 0.1) is 10.5 Å². The first-order chi connectivity index (χ1) is 9.50. The first-order valence-electron chi connectivity index (χ1n) is 6.56. The SMILES string of the molecule is CC.Cc1ccc(S(=O)NCC(F)(F)F)cc1C(C)(C)O. The molecular weight excluding hydrogens is 303 g/mol. The molecule has 1 rings (SSSR count). The van der Waals surface area contributed by atoms with E-state index in [4.69, 9.17) is 0 Å². The second-order valence-corrected chi connectivity index (χ2v) is 6.04. The molecule has 0 spiro atoms. The molecule has 7 heteroatoms. The summed E-state index contributed by atoms with van der Waals surface area (Å²) in [4.78, 5) is 0.201. The normalized spacial score (nSPS) is 13.4. The van der Waals surface area contributed by atoms with Gasteiger partial charge >= 0.3 is 6.18 Å². The van der Waals surface area contributed by atoms with Gasteiger partial charge in [-0.3, -0.25) is 0 Å². The molecule has 1 unspecified atom stereocenters. The van der Waals surface area contributed by atoms with Crippen molar-refractivity contribution in [2.75, 3.05) is 6.54 Å². The zero-order valence-corrected chi connectivity index (χ0v) is 13.7. The minimum Gasteiger partial charge on any atom is -0.386 e. The second kappa shape index (κ2) is 7.91. The van der Waals surface area contributed by atoms with E-state index in [-0.39, 0.29) is 4.90 Å². The Bertz CT molecular complexity index is 482. The van der Waals surface area contributed by atoms with Crippen molar-refractivity contribution in [2.45, 2.75) is 51.3 Å². The van der Waals surface area contributed by atoms with Crippen molar-refractivity contribution in [2.24, 2.45) is 0 Å². The van der Waals surface area contributed by atoms with Crippen molar-refractivity contribution in [3.05, 3.63) is 29.3 Å². The lowest BCUT2D eigenvalue weighted by Gasteiger charge is -2.21. The highest BCUT2D eigenvalue weighted by Gasteiger charge is 2.28. The van der Waals surface area contributed by atoms with Crippen molar-refractivity contribution in [1.29, 1.82) is 0 Å². The number of alkyl halides is 3. The van der Waals surface area contributed by atoms with Gasteiger partial charge in [0.15, 0.2) is 0 Å². The fourth-order valence-electron chi connectivity index (χ4n) is 1.61. The summed E-state index contributed by atoms with van der Waals surface area (Å²) in [5.74, 6) is 0. The first-order valence-corrected chi connectivity index (χ1v) is 7.71. The van der Waals surface area contributed by atoms with Gasteiger partial charge < -0.3 is 5.11 Å². The Morgan fingerprint density at radius 2 is 1.76 bits per heavy atom. The number of benzene rings is 1. The quantitative estimate of drug-likeness (QED) is 0.891. The third-order valence-corrected chi connectivity index (χ3v) is 3.57. The molecule has 1 aromatic carbocycles. The maximum Gasteiger partial charge on any atom is 0.402 e. The maximum atomic E-state index is 12.0. The van der Waals surface area contributed by atoms with Gasteiger partial charge in [0.2, 0.25) is 0 Å². The molecule has 0 aliphatic heterocycles. The number of nitrogens with one attached hydrogen (secondary N) is 1. The van der Waals surface area contributed by atoms with E-state index >= 15 is 0 Å². The van der Waals surface area contributed by atoms with Crippen LogP contribution in [0.5, 0.6) is 0 Å². The number of rotatable bonds is 4. The monoisotopic (exact) mass is 325 g/mol. The summed E-state index contributed by atoms with van der Waals surface area (Å²) in [7, 11) is -1.96. The molecule has 0 fully saturated rings. The molecule has 0 amide bonds. The fraction of sp³-hybridized carbons (Fsp3) is 0.571. The molecule has 122 valence electrons. The van der Waals surface area contributed by atoms with Gasteiger partial charge in [-0.1, -0.05) is 19.9 Å². The topological polar surface area (TPSA) is 49.3 Å². The minimum atomic E-state index is -4.42. The highest BCUT2D eigenvalue weighted by molar-refractivity contribution is 7.83. The maximum absolute atomic E-state index is 12.0. The number of hydrogen-bond acceptors (Lipinski definition) is 2.